The van der Waals surface area contributed by atoms with Crippen LogP contribution >= 0.6 is 0 Å². The molecule has 2 nitrogen and oxygen atoms in total. The molecule has 0 aliphatic heterocycles. The van der Waals surface area contributed by atoms with Gasteiger partial charge in [0.25, 0.3) is 0 Å². The van der Waals surface area contributed by atoms with E-state index in [0.29, 0.717) is 11.3 Å². The molecule has 2 N–H and O–H groups in total. The van der Waals surface area contributed by atoms with Crippen LogP contribution in [-0.4, -0.2) is 22.4 Å². The predicted octanol–water partition coefficient (Wildman–Crippen LogP) is 2.58. The topological polar surface area (TPSA) is 40.5 Å². The van der Waals surface area contributed by atoms with Crippen LogP contribution < -0.4 is 0 Å². The average Bonchev–Trinajstić information content (AvgIpc) is 2.70. The molecular weight excluding hydrogens is 212 g/mol. The highest BCUT2D eigenvalue weighted by atomic mass is 16.3. The molecule has 98 valence electrons. The van der Waals surface area contributed by atoms with Crippen LogP contribution in [0.4, 0.5) is 0 Å². The first-order chi connectivity index (χ1) is 7.87. The Morgan fingerprint density at radius 1 is 1.12 bits per heavy atom. The van der Waals surface area contributed by atoms with Gasteiger partial charge in [-0.2, -0.15) is 0 Å². The van der Waals surface area contributed by atoms with E-state index in [1.165, 1.54) is 12.8 Å². The zero-order chi connectivity index (χ0) is 12.5. The fourth-order valence-corrected chi connectivity index (χ4v) is 5.90. The molecule has 5 atom stereocenters. The van der Waals surface area contributed by atoms with Crippen LogP contribution in [0.3, 0.4) is 0 Å². The summed E-state index contributed by atoms with van der Waals surface area (Å²) in [6.07, 6.45) is 5.75. The quantitative estimate of drug-likeness (QED) is 0.737. The molecular formula is C15H26O2. The minimum atomic E-state index is -0.807. The number of aliphatic hydroxyl groups is 2. The van der Waals surface area contributed by atoms with Crippen LogP contribution in [0.2, 0.25) is 0 Å². The van der Waals surface area contributed by atoms with Crippen molar-refractivity contribution in [3.63, 3.8) is 0 Å². The Morgan fingerprint density at radius 2 is 1.82 bits per heavy atom. The molecule has 0 aromatic heterocycles. The highest BCUT2D eigenvalue weighted by Crippen LogP contribution is 2.73. The molecule has 3 aliphatic carbocycles. The highest BCUT2D eigenvalue weighted by Gasteiger charge is 2.68. The van der Waals surface area contributed by atoms with Gasteiger partial charge in [-0.15, -0.1) is 0 Å². The molecule has 0 unspecified atom stereocenters. The zero-order valence-electron chi connectivity index (χ0n) is 11.4. The molecule has 0 aromatic carbocycles. The molecule has 2 heteroatoms. The van der Waals surface area contributed by atoms with Gasteiger partial charge in [0.2, 0.25) is 0 Å². The third-order valence-corrected chi connectivity index (χ3v) is 6.89. The van der Waals surface area contributed by atoms with Gasteiger partial charge in [0.15, 0.2) is 0 Å². The van der Waals surface area contributed by atoms with E-state index in [-0.39, 0.29) is 12.0 Å². The van der Waals surface area contributed by atoms with Gasteiger partial charge in [-0.05, 0) is 60.7 Å². The molecule has 3 fully saturated rings. The van der Waals surface area contributed by atoms with Crippen LogP contribution in [0.5, 0.6) is 0 Å². The fourth-order valence-electron chi connectivity index (χ4n) is 5.90. The van der Waals surface area contributed by atoms with Gasteiger partial charge < -0.3 is 10.2 Å². The minimum absolute atomic E-state index is 0.0573. The number of hydrogen-bond acceptors (Lipinski definition) is 2. The molecule has 0 radical (unpaired) electrons. The summed E-state index contributed by atoms with van der Waals surface area (Å²) in [6.45, 7) is 7.00. The second kappa shape index (κ2) is 3.27. The van der Waals surface area contributed by atoms with Gasteiger partial charge in [0, 0.05) is 0 Å². The number of hydrogen-bond donors (Lipinski definition) is 2. The van der Waals surface area contributed by atoms with Crippen LogP contribution in [0.25, 0.3) is 0 Å². The first kappa shape index (κ1) is 12.0. The Morgan fingerprint density at radius 3 is 2.47 bits per heavy atom. The third-order valence-electron chi connectivity index (χ3n) is 6.89. The summed E-state index contributed by atoms with van der Waals surface area (Å²) in [5, 5.41) is 20.3. The van der Waals surface area contributed by atoms with Gasteiger partial charge in [-0.25, -0.2) is 0 Å². The largest absolute Gasteiger partial charge is 0.393 e. The smallest absolute Gasteiger partial charge is 0.0910 e. The molecule has 2 bridgehead atoms. The van der Waals surface area contributed by atoms with E-state index >= 15 is 0 Å². The van der Waals surface area contributed by atoms with Crippen molar-refractivity contribution in [1.29, 1.82) is 0 Å². The summed E-state index contributed by atoms with van der Waals surface area (Å²) >= 11 is 0. The van der Waals surface area contributed by atoms with Crippen LogP contribution in [0.1, 0.15) is 52.9 Å². The van der Waals surface area contributed by atoms with Gasteiger partial charge in [0.05, 0.1) is 12.2 Å². The van der Waals surface area contributed by atoms with Crippen molar-refractivity contribution in [3.8, 4) is 0 Å². The van der Waals surface area contributed by atoms with Crippen LogP contribution in [0.15, 0.2) is 0 Å². The van der Waals surface area contributed by atoms with Crippen molar-refractivity contribution in [2.75, 3.05) is 6.61 Å². The molecule has 0 amide bonds. The van der Waals surface area contributed by atoms with Crippen molar-refractivity contribution in [3.05, 3.63) is 0 Å². The lowest BCUT2D eigenvalue weighted by Crippen LogP contribution is -2.49. The monoisotopic (exact) mass is 238 g/mol. The highest BCUT2D eigenvalue weighted by molar-refractivity contribution is 5.17. The molecule has 1 spiro atoms. The molecule has 3 saturated carbocycles. The minimum Gasteiger partial charge on any atom is -0.393 e. The normalized spacial score (nSPS) is 55.9. The number of rotatable bonds is 1. The summed E-state index contributed by atoms with van der Waals surface area (Å²) in [5.74, 6) is 1.86. The second-order valence-corrected chi connectivity index (χ2v) is 7.60. The summed E-state index contributed by atoms with van der Waals surface area (Å²) < 4.78 is 0. The predicted molar refractivity (Wildman–Crippen MR) is 67.5 cm³/mol. The lowest BCUT2D eigenvalue weighted by atomic mass is 9.64. The van der Waals surface area contributed by atoms with E-state index in [1.54, 1.807) is 0 Å². The van der Waals surface area contributed by atoms with Gasteiger partial charge >= 0.3 is 0 Å². The maximum absolute atomic E-state index is 10.7. The van der Waals surface area contributed by atoms with E-state index in [4.69, 9.17) is 0 Å². The standard InChI is InChI=1S/C15H26O2/c1-10-4-5-11-13(2,3)12-8-14(10,11)6-7-15(12,17)9-16/h10-12,16-17H,4-9H2,1-3H3/t10-,11+,12-,14+,15-/m1/s1. The Bertz CT molecular complexity index is 338. The Kier molecular flexibility index (Phi) is 2.30. The van der Waals surface area contributed by atoms with Crippen molar-refractivity contribution < 1.29 is 10.2 Å². The van der Waals surface area contributed by atoms with Gasteiger partial charge in [0.1, 0.15) is 0 Å². The summed E-state index contributed by atoms with van der Waals surface area (Å²) in [5.41, 5.74) is -0.132. The van der Waals surface area contributed by atoms with E-state index in [9.17, 15) is 10.2 Å². The van der Waals surface area contributed by atoms with Crippen LogP contribution in [0, 0.1) is 28.6 Å². The summed E-state index contributed by atoms with van der Waals surface area (Å²) in [6, 6.07) is 0. The third kappa shape index (κ3) is 1.24. The Hall–Kier alpha value is -0.0800. The van der Waals surface area contributed by atoms with Crippen LogP contribution in [-0.2, 0) is 0 Å². The van der Waals surface area contributed by atoms with Gasteiger partial charge in [-0.3, -0.25) is 0 Å². The number of aliphatic hydroxyl groups excluding tert-OH is 1. The maximum atomic E-state index is 10.7. The molecule has 3 rings (SSSR count). The van der Waals surface area contributed by atoms with E-state index in [2.05, 4.69) is 20.8 Å². The Balaban J connectivity index is 2.04. The van der Waals surface area contributed by atoms with E-state index in [0.717, 1.165) is 31.1 Å². The lowest BCUT2D eigenvalue weighted by molar-refractivity contribution is -0.115. The first-order valence-corrected chi connectivity index (χ1v) is 7.20. The van der Waals surface area contributed by atoms with E-state index in [1.807, 2.05) is 0 Å². The SMILES string of the molecule is C[C@@H]1CC[C@H]2C(C)(C)[C@H]3C[C@@]12CC[C@@]3(O)CO. The van der Waals surface area contributed by atoms with E-state index < -0.39 is 5.60 Å². The first-order valence-electron chi connectivity index (χ1n) is 7.20. The van der Waals surface area contributed by atoms with Crippen molar-refractivity contribution in [1.82, 2.24) is 0 Å². The fraction of sp³-hybridized carbons (Fsp3) is 1.00. The average molecular weight is 238 g/mol. The Labute approximate surface area is 104 Å². The molecule has 0 aromatic rings. The number of fused-ring (bicyclic) bond motifs is 1. The van der Waals surface area contributed by atoms with Gasteiger partial charge in [-0.1, -0.05) is 20.8 Å². The van der Waals surface area contributed by atoms with Crippen molar-refractivity contribution in [2.24, 2.45) is 28.6 Å². The molecule has 17 heavy (non-hydrogen) atoms. The molecule has 0 heterocycles. The maximum Gasteiger partial charge on any atom is 0.0910 e. The summed E-state index contributed by atoms with van der Waals surface area (Å²) in [4.78, 5) is 0. The molecule has 3 aliphatic rings. The lowest BCUT2D eigenvalue weighted by Gasteiger charge is -2.45. The second-order valence-electron chi connectivity index (χ2n) is 7.60. The van der Waals surface area contributed by atoms with Crippen molar-refractivity contribution >= 4 is 0 Å². The summed E-state index contributed by atoms with van der Waals surface area (Å²) in [7, 11) is 0. The zero-order valence-corrected chi connectivity index (χ0v) is 11.4. The van der Waals surface area contributed by atoms with Crippen molar-refractivity contribution in [2.45, 2.75) is 58.5 Å². The molecule has 0 saturated heterocycles.